The molecule has 0 saturated heterocycles. The summed E-state index contributed by atoms with van der Waals surface area (Å²) >= 11 is 1.17. The molecule has 40 heavy (non-hydrogen) atoms. The number of carbonyl (C=O) groups excluding carboxylic acids is 3. The van der Waals surface area contributed by atoms with E-state index >= 15 is 0 Å². The minimum atomic E-state index is -0.938. The molecule has 0 radical (unpaired) electrons. The third-order valence-electron chi connectivity index (χ3n) is 6.03. The molecule has 0 spiro atoms. The van der Waals surface area contributed by atoms with Crippen LogP contribution in [0.25, 0.3) is 0 Å². The highest BCUT2D eigenvalue weighted by molar-refractivity contribution is 7.09. The van der Waals surface area contributed by atoms with Gasteiger partial charge in [0.05, 0.1) is 5.92 Å². The van der Waals surface area contributed by atoms with Crippen molar-refractivity contribution in [1.82, 2.24) is 15.6 Å². The van der Waals surface area contributed by atoms with Gasteiger partial charge in [-0.2, -0.15) is 0 Å². The number of thiazole rings is 1. The molecular weight excluding hydrogens is 534 g/mol. The van der Waals surface area contributed by atoms with E-state index in [-0.39, 0.29) is 24.5 Å². The van der Waals surface area contributed by atoms with Crippen molar-refractivity contribution >= 4 is 35.3 Å². The van der Waals surface area contributed by atoms with Crippen molar-refractivity contribution in [3.8, 4) is 0 Å². The highest BCUT2D eigenvalue weighted by Crippen LogP contribution is 2.29. The Morgan fingerprint density at radius 1 is 1.02 bits per heavy atom. The summed E-state index contributed by atoms with van der Waals surface area (Å²) in [6.07, 6.45) is -0.428. The van der Waals surface area contributed by atoms with E-state index in [2.05, 4.69) is 15.6 Å². The Bertz CT molecular complexity index is 1140. The number of aliphatic carboxylic acids is 1. The fourth-order valence-corrected chi connectivity index (χ4v) is 4.84. The number of hydrogen-bond donors (Lipinski definition) is 3. The summed E-state index contributed by atoms with van der Waals surface area (Å²) in [7, 11) is 0. The van der Waals surface area contributed by atoms with Gasteiger partial charge in [-0.05, 0) is 45.1 Å². The molecule has 0 unspecified atom stereocenters. The summed E-state index contributed by atoms with van der Waals surface area (Å²) in [6.45, 7) is 12.1. The molecule has 3 N–H and O–H groups in total. The lowest BCUT2D eigenvalue weighted by Crippen LogP contribution is -2.42. The second-order valence-corrected chi connectivity index (χ2v) is 12.1. The number of amides is 2. The molecule has 4 atom stereocenters. The van der Waals surface area contributed by atoms with Crippen LogP contribution in [0.3, 0.4) is 0 Å². The molecule has 0 aliphatic rings. The van der Waals surface area contributed by atoms with Crippen molar-refractivity contribution < 1.29 is 33.8 Å². The molecule has 1 aromatic heterocycles. The fourth-order valence-electron chi connectivity index (χ4n) is 4.01. The summed E-state index contributed by atoms with van der Waals surface area (Å²) in [5, 5.41) is 17.2. The zero-order chi connectivity index (χ0) is 30.0. The number of benzene rings is 1. The maximum absolute atomic E-state index is 13.2. The molecule has 1 heterocycles. The number of carbonyl (C=O) groups is 4. The largest absolute Gasteiger partial charge is 0.481 e. The van der Waals surface area contributed by atoms with Crippen LogP contribution in [-0.2, 0) is 25.5 Å². The quantitative estimate of drug-likeness (QED) is 0.279. The smallest absolute Gasteiger partial charge is 0.407 e. The average molecular weight is 576 g/mol. The maximum Gasteiger partial charge on any atom is 0.407 e. The van der Waals surface area contributed by atoms with E-state index in [0.29, 0.717) is 11.4 Å². The number of rotatable bonds is 13. The first-order valence-corrected chi connectivity index (χ1v) is 14.2. The first-order valence-electron chi connectivity index (χ1n) is 13.3. The van der Waals surface area contributed by atoms with E-state index in [9.17, 15) is 24.3 Å². The molecule has 2 rings (SSSR count). The lowest BCUT2D eigenvalue weighted by Gasteiger charge is -2.28. The van der Waals surface area contributed by atoms with Crippen molar-refractivity contribution in [2.75, 3.05) is 0 Å². The molecule has 2 aromatic rings. The summed E-state index contributed by atoms with van der Waals surface area (Å²) in [5.41, 5.74) is 0.440. The second-order valence-electron chi connectivity index (χ2n) is 11.2. The summed E-state index contributed by atoms with van der Waals surface area (Å²) < 4.78 is 10.9. The predicted octanol–water partition coefficient (Wildman–Crippen LogP) is 5.14. The van der Waals surface area contributed by atoms with Crippen LogP contribution in [0.2, 0.25) is 0 Å². The molecule has 0 bridgehead atoms. The Morgan fingerprint density at radius 3 is 2.23 bits per heavy atom. The highest BCUT2D eigenvalue weighted by atomic mass is 32.1. The van der Waals surface area contributed by atoms with Crippen LogP contribution in [0.5, 0.6) is 0 Å². The van der Waals surface area contributed by atoms with Gasteiger partial charge in [0, 0.05) is 30.8 Å². The van der Waals surface area contributed by atoms with E-state index < -0.39 is 53.6 Å². The van der Waals surface area contributed by atoms with Crippen molar-refractivity contribution in [1.29, 1.82) is 0 Å². The van der Waals surface area contributed by atoms with Crippen LogP contribution in [-0.4, -0.2) is 51.7 Å². The van der Waals surface area contributed by atoms with Crippen molar-refractivity contribution in [3.05, 3.63) is 52.0 Å². The van der Waals surface area contributed by atoms with E-state index in [0.717, 1.165) is 5.56 Å². The first-order chi connectivity index (χ1) is 18.6. The van der Waals surface area contributed by atoms with Gasteiger partial charge in [-0.25, -0.2) is 9.78 Å². The predicted molar refractivity (Wildman–Crippen MR) is 152 cm³/mol. The second kappa shape index (κ2) is 14.8. The normalized spacial score (nSPS) is 14.5. The average Bonchev–Trinajstić information content (AvgIpc) is 3.32. The number of carboxylic acids is 1. The van der Waals surface area contributed by atoms with Gasteiger partial charge >= 0.3 is 18.0 Å². The van der Waals surface area contributed by atoms with Gasteiger partial charge in [0.2, 0.25) is 0 Å². The molecule has 0 saturated carbocycles. The third-order valence-corrected chi connectivity index (χ3v) is 6.97. The van der Waals surface area contributed by atoms with Crippen LogP contribution in [0.15, 0.2) is 35.7 Å². The van der Waals surface area contributed by atoms with Crippen molar-refractivity contribution in [2.45, 2.75) is 91.5 Å². The zero-order valence-electron chi connectivity index (χ0n) is 24.2. The Kier molecular flexibility index (Phi) is 12.1. The number of hydrogen-bond acceptors (Lipinski definition) is 8. The number of aromatic nitrogens is 1. The number of alkyl carbamates (subject to hydrolysis) is 1. The third kappa shape index (κ3) is 11.3. The number of carboxylic acid groups (broad SMARTS) is 1. The molecular formula is C29H41N3O7S. The number of ether oxygens (including phenoxy) is 2. The molecule has 10 nitrogen and oxygen atoms in total. The topological polar surface area (TPSA) is 144 Å². The fraction of sp³-hybridized carbons (Fsp3) is 0.552. The first kappa shape index (κ1) is 32.7. The lowest BCUT2D eigenvalue weighted by molar-refractivity contribution is -0.147. The van der Waals surface area contributed by atoms with Crippen LogP contribution >= 0.6 is 11.3 Å². The SMILES string of the molecule is CC(=O)O[C@H](C[C@@H](NC(=O)OC(C)(C)C)C(C)C)c1nc(C(=O)N[C@H](Cc2ccccc2)C[C@H](C)C(=O)O)cs1. The number of nitrogens with one attached hydrogen (secondary N) is 2. The Morgan fingerprint density at radius 2 is 1.68 bits per heavy atom. The van der Waals surface area contributed by atoms with Gasteiger partial charge in [0.25, 0.3) is 5.91 Å². The Labute approximate surface area is 239 Å². The monoisotopic (exact) mass is 575 g/mol. The molecule has 220 valence electrons. The molecule has 1 aromatic carbocycles. The summed E-state index contributed by atoms with van der Waals surface area (Å²) in [6, 6.07) is 8.68. The number of nitrogens with zero attached hydrogens (tertiary/aromatic N) is 1. The minimum Gasteiger partial charge on any atom is -0.481 e. The van der Waals surface area contributed by atoms with Crippen molar-refractivity contribution in [3.63, 3.8) is 0 Å². The van der Waals surface area contributed by atoms with Gasteiger partial charge in [-0.1, -0.05) is 51.1 Å². The van der Waals surface area contributed by atoms with Gasteiger partial charge < -0.3 is 25.2 Å². The van der Waals surface area contributed by atoms with Crippen LogP contribution in [0.4, 0.5) is 4.79 Å². The van der Waals surface area contributed by atoms with Crippen LogP contribution < -0.4 is 10.6 Å². The Hall–Kier alpha value is -3.47. The Balaban J connectivity index is 2.21. The van der Waals surface area contributed by atoms with Gasteiger partial charge in [0.15, 0.2) is 6.10 Å². The van der Waals surface area contributed by atoms with Gasteiger partial charge in [-0.15, -0.1) is 11.3 Å². The molecule has 0 fully saturated rings. The molecule has 11 heteroatoms. The summed E-state index contributed by atoms with van der Waals surface area (Å²) in [5.74, 6) is -2.57. The van der Waals surface area contributed by atoms with E-state index in [1.165, 1.54) is 18.3 Å². The standard InChI is InChI=1S/C29H41N3O7S/c1-17(2)22(32-28(37)39-29(5,6)7)15-24(38-19(4)33)26-31-23(16-40-26)25(34)30-21(13-18(3)27(35)36)14-20-11-9-8-10-12-20/h8-12,16-18,21-22,24H,13-15H2,1-7H3,(H,30,34)(H,32,37)(H,35,36)/t18-,21-,22+,24+/m0/s1. The number of esters is 1. The molecule has 0 aliphatic heterocycles. The van der Waals surface area contributed by atoms with Crippen LogP contribution in [0, 0.1) is 11.8 Å². The minimum absolute atomic E-state index is 0.0109. The lowest BCUT2D eigenvalue weighted by atomic mass is 9.96. The summed E-state index contributed by atoms with van der Waals surface area (Å²) in [4.78, 5) is 53.4. The van der Waals surface area contributed by atoms with Crippen LogP contribution in [0.1, 0.15) is 88.5 Å². The highest BCUT2D eigenvalue weighted by Gasteiger charge is 2.29. The van der Waals surface area contributed by atoms with E-state index in [1.807, 2.05) is 44.2 Å². The van der Waals surface area contributed by atoms with Gasteiger partial charge in [-0.3, -0.25) is 14.4 Å². The zero-order valence-corrected chi connectivity index (χ0v) is 25.0. The van der Waals surface area contributed by atoms with E-state index in [4.69, 9.17) is 9.47 Å². The van der Waals surface area contributed by atoms with Crippen molar-refractivity contribution in [2.24, 2.45) is 11.8 Å². The maximum atomic E-state index is 13.2. The van der Waals surface area contributed by atoms with E-state index in [1.54, 1.807) is 33.1 Å². The molecule has 2 amide bonds. The van der Waals surface area contributed by atoms with Gasteiger partial charge in [0.1, 0.15) is 16.3 Å². The molecule has 0 aliphatic carbocycles.